The molecular formula is C13H26N2O. The second-order valence-corrected chi connectivity index (χ2v) is 5.61. The van der Waals surface area contributed by atoms with E-state index in [1.165, 1.54) is 0 Å². The summed E-state index contributed by atoms with van der Waals surface area (Å²) in [5, 5.41) is 3.27. The Balaban J connectivity index is 2.73. The fraction of sp³-hybridized carbons (Fsp3) is 0.923. The molecule has 1 saturated heterocycles. The minimum absolute atomic E-state index is 0.255. The number of hydrogen-bond donors (Lipinski definition) is 1. The summed E-state index contributed by atoms with van der Waals surface area (Å²) in [6.45, 7) is 12.2. The van der Waals surface area contributed by atoms with E-state index in [1.807, 2.05) is 20.8 Å². The van der Waals surface area contributed by atoms with Crippen molar-refractivity contribution in [2.24, 2.45) is 5.92 Å². The van der Waals surface area contributed by atoms with Crippen LogP contribution in [0.1, 0.15) is 47.5 Å². The second kappa shape index (κ2) is 5.17. The summed E-state index contributed by atoms with van der Waals surface area (Å²) in [5.74, 6) is 0.814. The molecule has 1 aliphatic rings. The first-order valence-corrected chi connectivity index (χ1v) is 6.46. The van der Waals surface area contributed by atoms with Gasteiger partial charge >= 0.3 is 0 Å². The van der Waals surface area contributed by atoms with E-state index in [0.29, 0.717) is 12.0 Å². The van der Waals surface area contributed by atoms with E-state index < -0.39 is 5.54 Å². The van der Waals surface area contributed by atoms with Crippen LogP contribution >= 0.6 is 0 Å². The molecule has 1 heterocycles. The zero-order chi connectivity index (χ0) is 12.3. The van der Waals surface area contributed by atoms with Crippen LogP contribution in [-0.2, 0) is 4.79 Å². The summed E-state index contributed by atoms with van der Waals surface area (Å²) in [7, 11) is 0. The van der Waals surface area contributed by atoms with Gasteiger partial charge in [-0.1, -0.05) is 20.8 Å². The summed E-state index contributed by atoms with van der Waals surface area (Å²) < 4.78 is 0. The minimum Gasteiger partial charge on any atom is -0.338 e. The molecule has 0 bridgehead atoms. The van der Waals surface area contributed by atoms with Gasteiger partial charge in [0, 0.05) is 12.6 Å². The number of likely N-dealkylation sites (N-methyl/N-ethyl adjacent to an activating group) is 1. The molecule has 1 rings (SSSR count). The first kappa shape index (κ1) is 13.5. The smallest absolute Gasteiger partial charge is 0.242 e. The molecule has 3 nitrogen and oxygen atoms in total. The quantitative estimate of drug-likeness (QED) is 0.795. The summed E-state index contributed by atoms with van der Waals surface area (Å²) in [4.78, 5) is 14.5. The van der Waals surface area contributed by atoms with Crippen molar-refractivity contribution in [2.75, 3.05) is 13.1 Å². The van der Waals surface area contributed by atoms with E-state index in [-0.39, 0.29) is 5.91 Å². The molecular weight excluding hydrogens is 200 g/mol. The van der Waals surface area contributed by atoms with Gasteiger partial charge in [0.15, 0.2) is 0 Å². The summed E-state index contributed by atoms with van der Waals surface area (Å²) in [6.07, 6.45) is 2.31. The molecule has 3 heteroatoms. The van der Waals surface area contributed by atoms with Gasteiger partial charge in [0.05, 0.1) is 5.54 Å². The molecule has 0 aromatic carbocycles. The van der Waals surface area contributed by atoms with E-state index in [9.17, 15) is 4.79 Å². The van der Waals surface area contributed by atoms with Crippen LogP contribution in [0.15, 0.2) is 0 Å². The lowest BCUT2D eigenvalue weighted by Crippen LogP contribution is -2.55. The molecule has 1 aliphatic heterocycles. The molecule has 0 radical (unpaired) electrons. The number of nitrogens with one attached hydrogen (secondary N) is 1. The van der Waals surface area contributed by atoms with E-state index in [4.69, 9.17) is 0 Å². The van der Waals surface area contributed by atoms with Gasteiger partial charge in [-0.05, 0) is 39.2 Å². The Morgan fingerprint density at radius 3 is 2.62 bits per heavy atom. The zero-order valence-corrected chi connectivity index (χ0v) is 11.3. The van der Waals surface area contributed by atoms with E-state index in [2.05, 4.69) is 24.1 Å². The van der Waals surface area contributed by atoms with Crippen LogP contribution < -0.4 is 5.32 Å². The fourth-order valence-electron chi connectivity index (χ4n) is 2.61. The van der Waals surface area contributed by atoms with Crippen LogP contribution in [0.4, 0.5) is 0 Å². The molecule has 0 aliphatic carbocycles. The monoisotopic (exact) mass is 226 g/mol. The van der Waals surface area contributed by atoms with Crippen molar-refractivity contribution in [3.8, 4) is 0 Å². The zero-order valence-electron chi connectivity index (χ0n) is 11.3. The van der Waals surface area contributed by atoms with Crippen molar-refractivity contribution in [1.29, 1.82) is 0 Å². The number of amides is 1. The predicted molar refractivity (Wildman–Crippen MR) is 67.3 cm³/mol. The lowest BCUT2D eigenvalue weighted by molar-refractivity contribution is -0.138. The molecule has 1 fully saturated rings. The molecule has 16 heavy (non-hydrogen) atoms. The fourth-order valence-corrected chi connectivity index (χ4v) is 2.61. The van der Waals surface area contributed by atoms with Crippen LogP contribution in [0.2, 0.25) is 0 Å². The highest BCUT2D eigenvalue weighted by Crippen LogP contribution is 2.26. The van der Waals surface area contributed by atoms with Gasteiger partial charge in [-0.2, -0.15) is 0 Å². The Kier molecular flexibility index (Phi) is 4.36. The van der Waals surface area contributed by atoms with Gasteiger partial charge < -0.3 is 10.2 Å². The number of carbonyl (C=O) groups excluding carboxylic acids is 1. The van der Waals surface area contributed by atoms with Crippen molar-refractivity contribution in [1.82, 2.24) is 10.2 Å². The highest BCUT2D eigenvalue weighted by Gasteiger charge is 2.38. The highest BCUT2D eigenvalue weighted by molar-refractivity contribution is 5.86. The molecule has 0 aromatic rings. The normalized spacial score (nSPS) is 21.9. The maximum atomic E-state index is 12.4. The molecule has 1 atom stereocenters. The van der Waals surface area contributed by atoms with E-state index >= 15 is 0 Å². The van der Waals surface area contributed by atoms with Crippen LogP contribution in [0, 0.1) is 5.92 Å². The average Bonchev–Trinajstić information content (AvgIpc) is 2.64. The van der Waals surface area contributed by atoms with Gasteiger partial charge in [-0.15, -0.1) is 0 Å². The first-order chi connectivity index (χ1) is 7.40. The Bertz CT molecular complexity index is 248. The van der Waals surface area contributed by atoms with Crippen molar-refractivity contribution in [2.45, 2.75) is 59.0 Å². The van der Waals surface area contributed by atoms with Gasteiger partial charge in [-0.25, -0.2) is 0 Å². The lowest BCUT2D eigenvalue weighted by Gasteiger charge is -2.35. The van der Waals surface area contributed by atoms with E-state index in [0.717, 1.165) is 25.9 Å². The summed E-state index contributed by atoms with van der Waals surface area (Å²) in [5.41, 5.74) is -0.424. The number of rotatable bonds is 4. The first-order valence-electron chi connectivity index (χ1n) is 6.46. The maximum Gasteiger partial charge on any atom is 0.242 e. The SMILES string of the molecule is CCNC(C)(C)C(=O)N1CCCC1C(C)C. The number of nitrogens with zero attached hydrogens (tertiary/aromatic N) is 1. The largest absolute Gasteiger partial charge is 0.338 e. The molecule has 1 unspecified atom stereocenters. The van der Waals surface area contributed by atoms with E-state index in [1.54, 1.807) is 0 Å². The Morgan fingerprint density at radius 2 is 2.12 bits per heavy atom. The third-order valence-corrected chi connectivity index (χ3v) is 3.48. The Labute approximate surface area is 99.6 Å². The third-order valence-electron chi connectivity index (χ3n) is 3.48. The lowest BCUT2D eigenvalue weighted by atomic mass is 9.98. The van der Waals surface area contributed by atoms with Crippen LogP contribution in [0.25, 0.3) is 0 Å². The molecule has 94 valence electrons. The predicted octanol–water partition coefficient (Wildman–Crippen LogP) is 2.02. The molecule has 1 N–H and O–H groups in total. The minimum atomic E-state index is -0.424. The van der Waals surface area contributed by atoms with Crippen molar-refractivity contribution in [3.05, 3.63) is 0 Å². The van der Waals surface area contributed by atoms with Gasteiger partial charge in [0.25, 0.3) is 0 Å². The second-order valence-electron chi connectivity index (χ2n) is 5.61. The molecule has 0 aromatic heterocycles. The Hall–Kier alpha value is -0.570. The molecule has 0 saturated carbocycles. The number of carbonyl (C=O) groups is 1. The van der Waals surface area contributed by atoms with Gasteiger partial charge in [0.2, 0.25) is 5.91 Å². The standard InChI is InChI=1S/C13H26N2O/c1-6-14-13(4,5)12(16)15-9-7-8-11(15)10(2)3/h10-11,14H,6-9H2,1-5H3. The Morgan fingerprint density at radius 1 is 1.50 bits per heavy atom. The van der Waals surface area contributed by atoms with Crippen LogP contribution in [0.5, 0.6) is 0 Å². The molecule has 1 amide bonds. The van der Waals surface area contributed by atoms with Crippen molar-refractivity contribution < 1.29 is 4.79 Å². The van der Waals surface area contributed by atoms with Gasteiger partial charge in [-0.3, -0.25) is 4.79 Å². The van der Waals surface area contributed by atoms with Crippen molar-refractivity contribution in [3.63, 3.8) is 0 Å². The van der Waals surface area contributed by atoms with Crippen LogP contribution in [0.3, 0.4) is 0 Å². The summed E-state index contributed by atoms with van der Waals surface area (Å²) >= 11 is 0. The maximum absolute atomic E-state index is 12.4. The van der Waals surface area contributed by atoms with Crippen molar-refractivity contribution >= 4 is 5.91 Å². The van der Waals surface area contributed by atoms with Gasteiger partial charge in [0.1, 0.15) is 0 Å². The number of hydrogen-bond acceptors (Lipinski definition) is 2. The number of likely N-dealkylation sites (tertiary alicyclic amines) is 1. The molecule has 0 spiro atoms. The topological polar surface area (TPSA) is 32.3 Å². The third kappa shape index (κ3) is 2.76. The average molecular weight is 226 g/mol. The summed E-state index contributed by atoms with van der Waals surface area (Å²) in [6, 6.07) is 0.436. The highest BCUT2D eigenvalue weighted by atomic mass is 16.2. The van der Waals surface area contributed by atoms with Crippen LogP contribution in [-0.4, -0.2) is 35.5 Å².